The molecule has 0 radical (unpaired) electrons. The number of nitrogen functional groups attached to an aromatic ring is 1. The molecule has 1 aromatic carbocycles. The SMILES string of the molecule is Nc1cc(C(=O)NC2CNC(=O)C2)c(Br)cc1F. The maximum atomic E-state index is 13.1. The Kier molecular flexibility index (Phi) is 3.51. The Morgan fingerprint density at radius 3 is 2.89 bits per heavy atom. The van der Waals surface area contributed by atoms with Crippen LogP contribution in [0.4, 0.5) is 10.1 Å². The van der Waals surface area contributed by atoms with Crippen molar-refractivity contribution in [2.45, 2.75) is 12.5 Å². The number of nitrogens with two attached hydrogens (primary N) is 1. The Labute approximate surface area is 111 Å². The lowest BCUT2D eigenvalue weighted by Crippen LogP contribution is -2.36. The first-order chi connectivity index (χ1) is 8.47. The molecule has 0 spiro atoms. The average Bonchev–Trinajstić information content (AvgIpc) is 2.69. The van der Waals surface area contributed by atoms with Gasteiger partial charge in [-0.25, -0.2) is 4.39 Å². The summed E-state index contributed by atoms with van der Waals surface area (Å²) in [7, 11) is 0. The van der Waals surface area contributed by atoms with Crippen molar-refractivity contribution < 1.29 is 14.0 Å². The van der Waals surface area contributed by atoms with Crippen molar-refractivity contribution in [3.05, 3.63) is 28.0 Å². The fourth-order valence-corrected chi connectivity index (χ4v) is 2.21. The first-order valence-corrected chi connectivity index (χ1v) is 6.08. The van der Waals surface area contributed by atoms with Gasteiger partial charge in [0.25, 0.3) is 5.91 Å². The summed E-state index contributed by atoms with van der Waals surface area (Å²) in [5.41, 5.74) is 5.57. The van der Waals surface area contributed by atoms with E-state index in [9.17, 15) is 14.0 Å². The predicted octanol–water partition coefficient (Wildman–Crippen LogP) is 0.789. The molecule has 0 aromatic heterocycles. The van der Waals surface area contributed by atoms with Crippen molar-refractivity contribution in [3.8, 4) is 0 Å². The second-order valence-electron chi connectivity index (χ2n) is 4.03. The molecular weight excluding hydrogens is 305 g/mol. The predicted molar refractivity (Wildman–Crippen MR) is 67.4 cm³/mol. The van der Waals surface area contributed by atoms with E-state index in [1.54, 1.807) is 0 Å². The molecule has 2 rings (SSSR count). The van der Waals surface area contributed by atoms with Crippen molar-refractivity contribution in [2.24, 2.45) is 0 Å². The number of carbonyl (C=O) groups excluding carboxylic acids is 2. The summed E-state index contributed by atoms with van der Waals surface area (Å²) in [4.78, 5) is 22.9. The third-order valence-electron chi connectivity index (χ3n) is 2.64. The van der Waals surface area contributed by atoms with Crippen LogP contribution in [-0.2, 0) is 4.79 Å². The minimum atomic E-state index is -0.587. The quantitative estimate of drug-likeness (QED) is 0.705. The lowest BCUT2D eigenvalue weighted by molar-refractivity contribution is -0.119. The highest BCUT2D eigenvalue weighted by Crippen LogP contribution is 2.23. The number of hydrogen-bond acceptors (Lipinski definition) is 3. The number of anilines is 1. The molecule has 1 saturated heterocycles. The van der Waals surface area contributed by atoms with E-state index in [4.69, 9.17) is 5.73 Å². The Balaban J connectivity index is 2.14. The minimum absolute atomic E-state index is 0.0935. The summed E-state index contributed by atoms with van der Waals surface area (Å²) in [5.74, 6) is -1.08. The Hall–Kier alpha value is -1.63. The van der Waals surface area contributed by atoms with Gasteiger partial charge in [-0.2, -0.15) is 0 Å². The molecule has 0 saturated carbocycles. The van der Waals surface area contributed by atoms with E-state index in [1.165, 1.54) is 6.07 Å². The van der Waals surface area contributed by atoms with Crippen LogP contribution in [0.15, 0.2) is 16.6 Å². The molecular formula is C11H11BrFN3O2. The van der Waals surface area contributed by atoms with Crippen LogP contribution in [-0.4, -0.2) is 24.4 Å². The molecule has 1 atom stereocenters. The van der Waals surface area contributed by atoms with Gasteiger partial charge in [0.2, 0.25) is 5.91 Å². The standard InChI is InChI=1S/C11H11BrFN3O2/c12-7-3-8(13)9(14)2-6(7)11(18)16-5-1-10(17)15-4-5/h2-3,5H,1,4,14H2,(H,15,17)(H,16,18). The van der Waals surface area contributed by atoms with Crippen LogP contribution < -0.4 is 16.4 Å². The summed E-state index contributed by atoms with van der Waals surface area (Å²) < 4.78 is 13.5. The van der Waals surface area contributed by atoms with Crippen LogP contribution in [0, 0.1) is 5.82 Å². The molecule has 0 bridgehead atoms. The van der Waals surface area contributed by atoms with Crippen molar-refractivity contribution >= 4 is 33.4 Å². The molecule has 4 N–H and O–H groups in total. The maximum Gasteiger partial charge on any atom is 0.252 e. The van der Waals surface area contributed by atoms with E-state index < -0.39 is 11.7 Å². The Morgan fingerprint density at radius 2 is 2.28 bits per heavy atom. The van der Waals surface area contributed by atoms with E-state index in [2.05, 4.69) is 26.6 Å². The van der Waals surface area contributed by atoms with Gasteiger partial charge >= 0.3 is 0 Å². The van der Waals surface area contributed by atoms with Crippen LogP contribution in [0.25, 0.3) is 0 Å². The van der Waals surface area contributed by atoms with Gasteiger partial charge in [-0.15, -0.1) is 0 Å². The van der Waals surface area contributed by atoms with E-state index in [0.717, 1.165) is 6.07 Å². The van der Waals surface area contributed by atoms with Gasteiger partial charge in [0, 0.05) is 17.4 Å². The first-order valence-electron chi connectivity index (χ1n) is 5.29. The molecule has 1 heterocycles. The van der Waals surface area contributed by atoms with Gasteiger partial charge < -0.3 is 16.4 Å². The third-order valence-corrected chi connectivity index (χ3v) is 3.30. The molecule has 1 aromatic rings. The van der Waals surface area contributed by atoms with Gasteiger partial charge in [0.1, 0.15) is 5.82 Å². The Morgan fingerprint density at radius 1 is 1.56 bits per heavy atom. The fraction of sp³-hybridized carbons (Fsp3) is 0.273. The van der Waals surface area contributed by atoms with E-state index in [1.807, 2.05) is 0 Å². The zero-order chi connectivity index (χ0) is 13.3. The van der Waals surface area contributed by atoms with Crippen LogP contribution in [0.2, 0.25) is 0 Å². The number of rotatable bonds is 2. The number of nitrogens with one attached hydrogen (secondary N) is 2. The number of amides is 2. The summed E-state index contributed by atoms with van der Waals surface area (Å²) >= 11 is 3.10. The number of halogens is 2. The second-order valence-corrected chi connectivity index (χ2v) is 4.89. The summed E-state index contributed by atoms with van der Waals surface area (Å²) in [5, 5.41) is 5.29. The van der Waals surface area contributed by atoms with Crippen molar-refractivity contribution in [1.29, 1.82) is 0 Å². The molecule has 1 fully saturated rings. The van der Waals surface area contributed by atoms with Crippen molar-refractivity contribution in [2.75, 3.05) is 12.3 Å². The van der Waals surface area contributed by atoms with Gasteiger partial charge in [-0.1, -0.05) is 0 Å². The maximum absolute atomic E-state index is 13.1. The van der Waals surface area contributed by atoms with E-state index in [-0.39, 0.29) is 29.6 Å². The van der Waals surface area contributed by atoms with Gasteiger partial charge in [-0.05, 0) is 28.1 Å². The molecule has 2 amide bonds. The minimum Gasteiger partial charge on any atom is -0.396 e. The van der Waals surface area contributed by atoms with Gasteiger partial charge in [-0.3, -0.25) is 9.59 Å². The van der Waals surface area contributed by atoms with Crippen LogP contribution in [0.1, 0.15) is 16.8 Å². The van der Waals surface area contributed by atoms with Crippen LogP contribution >= 0.6 is 15.9 Å². The highest BCUT2D eigenvalue weighted by atomic mass is 79.9. The summed E-state index contributed by atoms with van der Waals surface area (Å²) in [6.07, 6.45) is 0.250. The van der Waals surface area contributed by atoms with Crippen molar-refractivity contribution in [1.82, 2.24) is 10.6 Å². The highest BCUT2D eigenvalue weighted by Gasteiger charge is 2.24. The summed E-state index contributed by atoms with van der Waals surface area (Å²) in [6.45, 7) is 0.402. The molecule has 7 heteroatoms. The molecule has 1 aliphatic heterocycles. The highest BCUT2D eigenvalue weighted by molar-refractivity contribution is 9.10. The van der Waals surface area contributed by atoms with Gasteiger partial charge in [0.05, 0.1) is 17.3 Å². The topological polar surface area (TPSA) is 84.2 Å². The normalized spacial score (nSPS) is 18.6. The fourth-order valence-electron chi connectivity index (χ4n) is 1.71. The first kappa shape index (κ1) is 12.8. The second kappa shape index (κ2) is 4.93. The van der Waals surface area contributed by atoms with Gasteiger partial charge in [0.15, 0.2) is 0 Å². The molecule has 1 aliphatic rings. The molecule has 1 unspecified atom stereocenters. The van der Waals surface area contributed by atoms with E-state index >= 15 is 0 Å². The van der Waals surface area contributed by atoms with Crippen LogP contribution in [0.5, 0.6) is 0 Å². The smallest absolute Gasteiger partial charge is 0.252 e. The third kappa shape index (κ3) is 2.61. The zero-order valence-electron chi connectivity index (χ0n) is 9.30. The molecule has 96 valence electrons. The molecule has 18 heavy (non-hydrogen) atoms. The monoisotopic (exact) mass is 315 g/mol. The molecule has 5 nitrogen and oxygen atoms in total. The van der Waals surface area contributed by atoms with Crippen molar-refractivity contribution in [3.63, 3.8) is 0 Å². The lowest BCUT2D eigenvalue weighted by Gasteiger charge is -2.12. The number of hydrogen-bond donors (Lipinski definition) is 3. The zero-order valence-corrected chi connectivity index (χ0v) is 10.9. The van der Waals surface area contributed by atoms with Crippen LogP contribution in [0.3, 0.4) is 0 Å². The largest absolute Gasteiger partial charge is 0.396 e. The molecule has 0 aliphatic carbocycles. The average molecular weight is 316 g/mol. The Bertz CT molecular complexity index is 521. The lowest BCUT2D eigenvalue weighted by atomic mass is 10.1. The summed E-state index contributed by atoms with van der Waals surface area (Å²) in [6, 6.07) is 2.16. The number of benzene rings is 1. The van der Waals surface area contributed by atoms with E-state index in [0.29, 0.717) is 11.0 Å². The number of carbonyl (C=O) groups is 2.